The number of likely N-dealkylation sites (tertiary alicyclic amines) is 1. The van der Waals surface area contributed by atoms with E-state index < -0.39 is 22.6 Å². The Labute approximate surface area is 159 Å². The maximum Gasteiger partial charge on any atom is 0.218 e. The molecular weight excluding hydrogens is 370 g/mol. The predicted molar refractivity (Wildman–Crippen MR) is 95.4 cm³/mol. The third-order valence-electron chi connectivity index (χ3n) is 7.12. The Kier molecular flexibility index (Phi) is 3.40. The normalized spacial score (nSPS) is 37.5. The van der Waals surface area contributed by atoms with Crippen LogP contribution in [-0.2, 0) is 26.4 Å². The smallest absolute Gasteiger partial charge is 0.218 e. The van der Waals surface area contributed by atoms with Crippen LogP contribution in [0.3, 0.4) is 0 Å². The van der Waals surface area contributed by atoms with Gasteiger partial charge in [0.2, 0.25) is 10.4 Å². The lowest BCUT2D eigenvalue weighted by Gasteiger charge is -2.58. The molecule has 27 heavy (non-hydrogen) atoms. The largest absolute Gasteiger partial charge is 0.726 e. The van der Waals surface area contributed by atoms with Crippen LogP contribution >= 0.6 is 0 Å². The molecule has 0 radical (unpaired) electrons. The molecule has 146 valence electrons. The minimum atomic E-state index is -4.84. The van der Waals surface area contributed by atoms with Crippen molar-refractivity contribution in [1.82, 2.24) is 0 Å². The number of benzene rings is 1. The van der Waals surface area contributed by atoms with Gasteiger partial charge in [-0.25, -0.2) is 8.42 Å². The van der Waals surface area contributed by atoms with Crippen molar-refractivity contribution >= 4 is 10.4 Å². The van der Waals surface area contributed by atoms with E-state index in [1.165, 1.54) is 5.56 Å². The Morgan fingerprint density at radius 3 is 2.78 bits per heavy atom. The van der Waals surface area contributed by atoms with Gasteiger partial charge in [-0.3, -0.25) is 4.18 Å². The second kappa shape index (κ2) is 5.26. The van der Waals surface area contributed by atoms with Crippen molar-refractivity contribution in [2.75, 3.05) is 27.7 Å². The van der Waals surface area contributed by atoms with E-state index in [-0.39, 0.29) is 11.3 Å². The number of likely N-dealkylation sites (N-methyl/N-ethyl adjacent to an activating group) is 1. The number of ether oxygens (including phenoxy) is 2. The monoisotopic (exact) mass is 393 g/mol. The SMILES string of the molecule is COc1ccc2c3c1O[C@H]1[C@@H](OS(=O)(=O)[O-])C=C[C@H]4[C@@H](C2)[N+](C)(C)CC[C@@]341. The number of hydrogen-bond acceptors (Lipinski definition) is 6. The molecule has 0 aromatic heterocycles. The fraction of sp³-hybridized carbons (Fsp3) is 0.579. The van der Waals surface area contributed by atoms with Crippen LogP contribution in [0.1, 0.15) is 17.5 Å². The van der Waals surface area contributed by atoms with E-state index in [1.807, 2.05) is 6.07 Å². The molecule has 2 aliphatic heterocycles. The summed E-state index contributed by atoms with van der Waals surface area (Å²) in [6, 6.07) is 4.36. The fourth-order valence-electron chi connectivity index (χ4n) is 5.95. The Bertz CT molecular complexity index is 955. The van der Waals surface area contributed by atoms with Crippen LogP contribution in [-0.4, -0.2) is 63.5 Å². The molecule has 0 unspecified atom stereocenters. The first-order valence-corrected chi connectivity index (χ1v) is 10.5. The van der Waals surface area contributed by atoms with Crippen molar-refractivity contribution in [3.8, 4) is 11.5 Å². The number of hydrogen-bond donors (Lipinski definition) is 0. The first kappa shape index (κ1) is 17.5. The van der Waals surface area contributed by atoms with Crippen molar-refractivity contribution in [2.24, 2.45) is 5.92 Å². The summed E-state index contributed by atoms with van der Waals surface area (Å²) in [6.45, 7) is 0.946. The lowest BCUT2D eigenvalue weighted by Crippen LogP contribution is -2.70. The predicted octanol–water partition coefficient (Wildman–Crippen LogP) is 1.13. The number of rotatable bonds is 3. The summed E-state index contributed by atoms with van der Waals surface area (Å²) >= 11 is 0. The second-order valence-corrected chi connectivity index (χ2v) is 9.62. The van der Waals surface area contributed by atoms with Gasteiger partial charge in [-0.05, 0) is 11.6 Å². The Morgan fingerprint density at radius 1 is 1.30 bits per heavy atom. The molecule has 1 fully saturated rings. The molecule has 0 saturated carbocycles. The molecule has 0 N–H and O–H groups in total. The topological polar surface area (TPSA) is 84.9 Å². The van der Waals surface area contributed by atoms with Crippen LogP contribution in [0, 0.1) is 5.92 Å². The van der Waals surface area contributed by atoms with Gasteiger partial charge in [0.05, 0.1) is 33.2 Å². The van der Waals surface area contributed by atoms with Crippen molar-refractivity contribution < 1.29 is 31.1 Å². The van der Waals surface area contributed by atoms with Crippen molar-refractivity contribution in [3.05, 3.63) is 35.4 Å². The Hall–Kier alpha value is -1.61. The average molecular weight is 393 g/mol. The summed E-state index contributed by atoms with van der Waals surface area (Å²) in [5, 5.41) is 0. The average Bonchev–Trinajstić information content (AvgIpc) is 2.94. The van der Waals surface area contributed by atoms with Gasteiger partial charge in [0.25, 0.3) is 0 Å². The summed E-state index contributed by atoms with van der Waals surface area (Å²) in [7, 11) is 1.24. The Morgan fingerprint density at radius 2 is 2.07 bits per heavy atom. The summed E-state index contributed by atoms with van der Waals surface area (Å²) < 4.78 is 51.6. The molecule has 4 aliphatic rings. The zero-order valence-electron chi connectivity index (χ0n) is 15.5. The molecule has 1 aromatic carbocycles. The zero-order chi connectivity index (χ0) is 19.2. The van der Waals surface area contributed by atoms with Crippen LogP contribution in [0.4, 0.5) is 0 Å². The maximum atomic E-state index is 11.3. The van der Waals surface area contributed by atoms with E-state index in [4.69, 9.17) is 13.7 Å². The van der Waals surface area contributed by atoms with E-state index in [0.717, 1.165) is 29.4 Å². The highest BCUT2D eigenvalue weighted by Crippen LogP contribution is 2.63. The summed E-state index contributed by atoms with van der Waals surface area (Å²) in [5.74, 6) is 1.51. The van der Waals surface area contributed by atoms with Crippen LogP contribution < -0.4 is 9.47 Å². The molecular formula is C19H23NO6S. The van der Waals surface area contributed by atoms with Gasteiger partial charge in [-0.2, -0.15) is 0 Å². The summed E-state index contributed by atoms with van der Waals surface area (Å²) in [4.78, 5) is 0. The third-order valence-corrected chi connectivity index (χ3v) is 7.58. The molecule has 5 rings (SSSR count). The summed E-state index contributed by atoms with van der Waals surface area (Å²) in [6.07, 6.45) is 4.03. The number of piperidine rings is 1. The highest BCUT2D eigenvalue weighted by molar-refractivity contribution is 7.80. The van der Waals surface area contributed by atoms with Crippen molar-refractivity contribution in [1.29, 1.82) is 0 Å². The molecule has 2 heterocycles. The minimum Gasteiger partial charge on any atom is -0.726 e. The van der Waals surface area contributed by atoms with E-state index in [0.29, 0.717) is 17.5 Å². The van der Waals surface area contributed by atoms with Crippen molar-refractivity contribution in [3.63, 3.8) is 0 Å². The minimum absolute atomic E-state index is 0.196. The molecule has 7 nitrogen and oxygen atoms in total. The molecule has 1 saturated heterocycles. The highest BCUT2D eigenvalue weighted by Gasteiger charge is 2.67. The van der Waals surface area contributed by atoms with E-state index in [1.54, 1.807) is 13.2 Å². The van der Waals surface area contributed by atoms with Crippen LogP contribution in [0.2, 0.25) is 0 Å². The van der Waals surface area contributed by atoms with E-state index >= 15 is 0 Å². The molecule has 1 spiro atoms. The van der Waals surface area contributed by atoms with Crippen LogP contribution in [0.25, 0.3) is 0 Å². The lowest BCUT2D eigenvalue weighted by atomic mass is 9.53. The third kappa shape index (κ3) is 2.21. The van der Waals surface area contributed by atoms with Crippen molar-refractivity contribution in [2.45, 2.75) is 36.5 Å². The Balaban J connectivity index is 1.75. The molecule has 5 atom stereocenters. The second-order valence-electron chi connectivity index (χ2n) is 8.61. The van der Waals surface area contributed by atoms with Gasteiger partial charge in [0.15, 0.2) is 11.5 Å². The van der Waals surface area contributed by atoms with Crippen LogP contribution in [0.15, 0.2) is 24.3 Å². The number of methoxy groups -OCH3 is 1. The van der Waals surface area contributed by atoms with Gasteiger partial charge in [0, 0.05) is 24.3 Å². The van der Waals surface area contributed by atoms with Gasteiger partial charge in [-0.1, -0.05) is 18.2 Å². The number of nitrogens with zero attached hydrogens (tertiary/aromatic N) is 1. The highest BCUT2D eigenvalue weighted by atomic mass is 32.3. The van der Waals surface area contributed by atoms with E-state index in [9.17, 15) is 13.0 Å². The first-order chi connectivity index (χ1) is 12.7. The zero-order valence-corrected chi connectivity index (χ0v) is 16.4. The van der Waals surface area contributed by atoms with Crippen LogP contribution in [0.5, 0.6) is 11.5 Å². The summed E-state index contributed by atoms with van der Waals surface area (Å²) in [5.41, 5.74) is 1.95. The standard InChI is InChI=1S/C19H23NO6S/c1-20(2)9-8-19-12-5-7-15(26-27(21,22)23)18(19)25-17-14(24-3)6-4-11(16(17)19)10-13(12)20/h4-7,12-13,15,18H,8-10H2,1-3H3/t12-,13+,15-,18-,19-/m0/s1. The molecule has 1 aromatic rings. The maximum absolute atomic E-state index is 11.3. The van der Waals surface area contributed by atoms with Gasteiger partial charge in [0.1, 0.15) is 18.2 Å². The molecule has 8 heteroatoms. The molecule has 0 amide bonds. The lowest BCUT2D eigenvalue weighted by molar-refractivity contribution is -0.926. The molecule has 2 bridgehead atoms. The van der Waals surface area contributed by atoms with Gasteiger partial charge in [-0.15, -0.1) is 0 Å². The fourth-order valence-corrected chi connectivity index (χ4v) is 6.39. The van der Waals surface area contributed by atoms with Gasteiger partial charge < -0.3 is 18.5 Å². The first-order valence-electron chi connectivity index (χ1n) is 9.19. The number of quaternary nitrogens is 1. The van der Waals surface area contributed by atoms with E-state index in [2.05, 4.69) is 26.2 Å². The quantitative estimate of drug-likeness (QED) is 0.331. The molecule has 2 aliphatic carbocycles. The van der Waals surface area contributed by atoms with Gasteiger partial charge >= 0.3 is 0 Å².